The van der Waals surface area contributed by atoms with E-state index in [1.54, 1.807) is 0 Å². The molecule has 3 atom stereocenters. The van der Waals surface area contributed by atoms with Gasteiger partial charge in [0.1, 0.15) is 12.7 Å². The lowest BCUT2D eigenvalue weighted by Crippen LogP contribution is -2.42. The molecule has 0 bridgehead atoms. The number of aliphatic hydroxyl groups excluding tert-OH is 6. The van der Waals surface area contributed by atoms with Gasteiger partial charge in [0.05, 0.1) is 37.4 Å². The molecule has 0 spiro atoms. The fourth-order valence-corrected chi connectivity index (χ4v) is 2.86. The van der Waals surface area contributed by atoms with Gasteiger partial charge in [-0.3, -0.25) is 4.79 Å². The van der Waals surface area contributed by atoms with E-state index >= 15 is 0 Å². The summed E-state index contributed by atoms with van der Waals surface area (Å²) in [6.07, 6.45) is -0.0155. The fourth-order valence-electron chi connectivity index (χ4n) is 2.86. The summed E-state index contributed by atoms with van der Waals surface area (Å²) in [7, 11) is 0. The van der Waals surface area contributed by atoms with Crippen LogP contribution >= 0.6 is 0 Å². The highest BCUT2D eigenvalue weighted by Crippen LogP contribution is 2.37. The van der Waals surface area contributed by atoms with E-state index in [4.69, 9.17) is 20.1 Å². The van der Waals surface area contributed by atoms with Crippen LogP contribution in [0.5, 0.6) is 0 Å². The third-order valence-corrected chi connectivity index (χ3v) is 4.23. The number of esters is 1. The molecule has 8 heteroatoms. The van der Waals surface area contributed by atoms with Crippen molar-refractivity contribution < 1.29 is 40.2 Å². The Morgan fingerprint density at radius 1 is 0.880 bits per heavy atom. The lowest BCUT2D eigenvalue weighted by Gasteiger charge is -2.34. The number of ether oxygens (including phenoxy) is 1. The van der Waals surface area contributed by atoms with Crippen LogP contribution in [0, 0.1) is 5.41 Å². The molecule has 8 nitrogen and oxygen atoms in total. The van der Waals surface area contributed by atoms with Crippen LogP contribution < -0.4 is 0 Å². The van der Waals surface area contributed by atoms with E-state index in [0.29, 0.717) is 12.8 Å². The summed E-state index contributed by atoms with van der Waals surface area (Å²) in [4.78, 5) is 12.7. The molecule has 0 aliphatic rings. The number of carbonyl (C=O) groups excluding carboxylic acids is 1. The quantitative estimate of drug-likeness (QED) is 0.165. The molecule has 150 valence electrons. The Kier molecular flexibility index (Phi) is 13.0. The molecule has 0 saturated heterocycles. The Labute approximate surface area is 149 Å². The van der Waals surface area contributed by atoms with Crippen molar-refractivity contribution in [2.24, 2.45) is 5.41 Å². The fraction of sp³-hybridized carbons (Fsp3) is 0.941. The van der Waals surface area contributed by atoms with E-state index < -0.39 is 56.1 Å². The standard InChI is InChI=1S/C17H34O8/c1-2-3-4-5-6-17(7-13(21)9-18,8-14(22)10-19)16(24)25-12-15(23)11-20/h13-15,18-23H,2-12H2,1H3. The van der Waals surface area contributed by atoms with Crippen LogP contribution in [0.3, 0.4) is 0 Å². The molecule has 0 radical (unpaired) electrons. The van der Waals surface area contributed by atoms with E-state index in [0.717, 1.165) is 19.3 Å². The Morgan fingerprint density at radius 3 is 1.84 bits per heavy atom. The van der Waals surface area contributed by atoms with Gasteiger partial charge in [0.25, 0.3) is 0 Å². The normalized spacial score (nSPS) is 17.6. The molecule has 0 rings (SSSR count). The topological polar surface area (TPSA) is 148 Å². The average Bonchev–Trinajstić information content (AvgIpc) is 2.62. The first-order valence-corrected chi connectivity index (χ1v) is 8.89. The molecule has 0 aromatic heterocycles. The third-order valence-electron chi connectivity index (χ3n) is 4.23. The van der Waals surface area contributed by atoms with Crippen molar-refractivity contribution in [2.75, 3.05) is 26.4 Å². The zero-order valence-corrected chi connectivity index (χ0v) is 15.0. The minimum atomic E-state index is -1.28. The SMILES string of the molecule is CCCCCCC(CC(O)CO)(CC(O)CO)C(=O)OCC(O)CO. The first-order chi connectivity index (χ1) is 11.8. The van der Waals surface area contributed by atoms with Gasteiger partial charge in [0, 0.05) is 0 Å². The van der Waals surface area contributed by atoms with Gasteiger partial charge in [0.15, 0.2) is 0 Å². The summed E-state index contributed by atoms with van der Waals surface area (Å²) >= 11 is 0. The Hall–Kier alpha value is -0.770. The summed E-state index contributed by atoms with van der Waals surface area (Å²) in [5.41, 5.74) is -1.28. The first-order valence-electron chi connectivity index (χ1n) is 8.89. The van der Waals surface area contributed by atoms with Gasteiger partial charge in [-0.15, -0.1) is 0 Å². The van der Waals surface area contributed by atoms with Crippen LogP contribution in [-0.4, -0.2) is 81.3 Å². The van der Waals surface area contributed by atoms with E-state index in [1.807, 2.05) is 6.92 Å². The molecule has 0 saturated carbocycles. The minimum absolute atomic E-state index is 0.124. The van der Waals surface area contributed by atoms with Crippen LogP contribution in [0.4, 0.5) is 0 Å². The summed E-state index contributed by atoms with van der Waals surface area (Å²) in [5, 5.41) is 56.2. The molecule has 6 N–H and O–H groups in total. The molecule has 25 heavy (non-hydrogen) atoms. The van der Waals surface area contributed by atoms with Gasteiger partial charge in [-0.05, 0) is 19.3 Å². The number of rotatable bonds is 15. The summed E-state index contributed by atoms with van der Waals surface area (Å²) < 4.78 is 5.07. The van der Waals surface area contributed by atoms with Crippen LogP contribution in [0.25, 0.3) is 0 Å². The van der Waals surface area contributed by atoms with Crippen molar-refractivity contribution in [1.82, 2.24) is 0 Å². The lowest BCUT2D eigenvalue weighted by atomic mass is 9.73. The summed E-state index contributed by atoms with van der Waals surface area (Å²) in [5.74, 6) is -0.725. The Balaban J connectivity index is 5.27. The number of aliphatic hydroxyl groups is 6. The summed E-state index contributed by atoms with van der Waals surface area (Å²) in [6, 6.07) is 0. The maximum atomic E-state index is 12.7. The van der Waals surface area contributed by atoms with Crippen molar-refractivity contribution in [2.45, 2.75) is 70.2 Å². The van der Waals surface area contributed by atoms with E-state index in [9.17, 15) is 20.1 Å². The lowest BCUT2D eigenvalue weighted by molar-refractivity contribution is -0.165. The average molecular weight is 366 g/mol. The molecule has 0 aliphatic carbocycles. The number of carbonyl (C=O) groups is 1. The maximum Gasteiger partial charge on any atom is 0.312 e. The van der Waals surface area contributed by atoms with Crippen molar-refractivity contribution in [3.05, 3.63) is 0 Å². The first kappa shape index (κ1) is 24.2. The largest absolute Gasteiger partial charge is 0.462 e. The van der Waals surface area contributed by atoms with Crippen LogP contribution in [0.15, 0.2) is 0 Å². The zero-order chi connectivity index (χ0) is 19.3. The molecular weight excluding hydrogens is 332 g/mol. The van der Waals surface area contributed by atoms with Gasteiger partial charge in [-0.25, -0.2) is 0 Å². The van der Waals surface area contributed by atoms with Crippen molar-refractivity contribution in [3.63, 3.8) is 0 Å². The second-order valence-corrected chi connectivity index (χ2v) is 6.61. The predicted octanol–water partition coefficient (Wildman–Crippen LogP) is -0.674. The maximum absolute atomic E-state index is 12.7. The minimum Gasteiger partial charge on any atom is -0.462 e. The van der Waals surface area contributed by atoms with Gasteiger partial charge in [0.2, 0.25) is 0 Å². The van der Waals surface area contributed by atoms with E-state index in [1.165, 1.54) is 0 Å². The Bertz CT molecular complexity index is 338. The van der Waals surface area contributed by atoms with Crippen LogP contribution in [0.1, 0.15) is 51.9 Å². The molecular formula is C17H34O8. The monoisotopic (exact) mass is 366 g/mol. The Morgan fingerprint density at radius 2 is 1.40 bits per heavy atom. The smallest absolute Gasteiger partial charge is 0.312 e. The second kappa shape index (κ2) is 13.4. The van der Waals surface area contributed by atoms with Gasteiger partial charge < -0.3 is 35.4 Å². The molecule has 0 amide bonds. The van der Waals surface area contributed by atoms with Gasteiger partial charge in [-0.2, -0.15) is 0 Å². The van der Waals surface area contributed by atoms with Crippen molar-refractivity contribution in [1.29, 1.82) is 0 Å². The molecule has 3 unspecified atom stereocenters. The van der Waals surface area contributed by atoms with Crippen molar-refractivity contribution in [3.8, 4) is 0 Å². The predicted molar refractivity (Wildman–Crippen MR) is 90.7 cm³/mol. The highest BCUT2D eigenvalue weighted by molar-refractivity contribution is 5.77. The third kappa shape index (κ3) is 9.48. The molecule has 0 aromatic carbocycles. The molecule has 0 aliphatic heterocycles. The number of hydrogen-bond donors (Lipinski definition) is 6. The zero-order valence-electron chi connectivity index (χ0n) is 15.0. The highest BCUT2D eigenvalue weighted by Gasteiger charge is 2.42. The summed E-state index contributed by atoms with van der Waals surface area (Å²) in [6.45, 7) is -0.00837. The number of unbranched alkanes of at least 4 members (excludes halogenated alkanes) is 3. The van der Waals surface area contributed by atoms with E-state index in [-0.39, 0.29) is 12.8 Å². The van der Waals surface area contributed by atoms with Crippen molar-refractivity contribution >= 4 is 5.97 Å². The molecule has 0 fully saturated rings. The van der Waals surface area contributed by atoms with Gasteiger partial charge in [-0.1, -0.05) is 32.6 Å². The molecule has 0 heterocycles. The van der Waals surface area contributed by atoms with Gasteiger partial charge >= 0.3 is 5.97 Å². The van der Waals surface area contributed by atoms with E-state index in [2.05, 4.69) is 0 Å². The van der Waals surface area contributed by atoms with Crippen LogP contribution in [0.2, 0.25) is 0 Å². The second-order valence-electron chi connectivity index (χ2n) is 6.61. The highest BCUT2D eigenvalue weighted by atomic mass is 16.5. The number of hydrogen-bond acceptors (Lipinski definition) is 8. The molecule has 0 aromatic rings. The van der Waals surface area contributed by atoms with Crippen LogP contribution in [-0.2, 0) is 9.53 Å².